The molecule has 2 heteroatoms. The van der Waals surface area contributed by atoms with Gasteiger partial charge in [0.1, 0.15) is 0 Å². The van der Waals surface area contributed by atoms with Crippen molar-refractivity contribution >= 4 is 0 Å². The lowest BCUT2D eigenvalue weighted by Crippen LogP contribution is -2.50. The molecule has 0 aliphatic heterocycles. The molecule has 1 saturated carbocycles. The van der Waals surface area contributed by atoms with Crippen LogP contribution in [0.15, 0.2) is 0 Å². The molecule has 1 aliphatic carbocycles. The first-order valence-electron chi connectivity index (χ1n) is 8.32. The molecule has 1 fully saturated rings. The molecule has 114 valence electrons. The third kappa shape index (κ3) is 5.43. The minimum absolute atomic E-state index is 0.338. The number of hydrogen-bond acceptors (Lipinski definition) is 2. The molecule has 1 rings (SSSR count). The van der Waals surface area contributed by atoms with Crippen LogP contribution < -0.4 is 5.32 Å². The summed E-state index contributed by atoms with van der Waals surface area (Å²) in [6.45, 7) is 13.9. The van der Waals surface area contributed by atoms with Gasteiger partial charge in [-0.05, 0) is 50.6 Å². The molecule has 1 atom stereocenters. The zero-order valence-electron chi connectivity index (χ0n) is 14.1. The minimum atomic E-state index is 0.338. The molecule has 0 aromatic heterocycles. The van der Waals surface area contributed by atoms with Gasteiger partial charge in [-0.2, -0.15) is 0 Å². The van der Waals surface area contributed by atoms with Crippen molar-refractivity contribution in [3.63, 3.8) is 0 Å². The fourth-order valence-electron chi connectivity index (χ4n) is 3.32. The van der Waals surface area contributed by atoms with E-state index in [4.69, 9.17) is 0 Å². The molecule has 0 spiro atoms. The van der Waals surface area contributed by atoms with Crippen LogP contribution >= 0.6 is 0 Å². The summed E-state index contributed by atoms with van der Waals surface area (Å²) in [6, 6.07) is 1.40. The van der Waals surface area contributed by atoms with Gasteiger partial charge < -0.3 is 10.2 Å². The van der Waals surface area contributed by atoms with Gasteiger partial charge in [0.05, 0.1) is 0 Å². The summed E-state index contributed by atoms with van der Waals surface area (Å²) < 4.78 is 0. The van der Waals surface area contributed by atoms with E-state index in [0.717, 1.165) is 18.5 Å². The largest absolute Gasteiger partial charge is 0.312 e. The molecule has 0 saturated heterocycles. The second kappa shape index (κ2) is 7.64. The number of rotatable bonds is 6. The van der Waals surface area contributed by atoms with Crippen LogP contribution in [-0.4, -0.2) is 37.1 Å². The Balaban J connectivity index is 2.46. The maximum absolute atomic E-state index is 3.67. The van der Waals surface area contributed by atoms with Gasteiger partial charge in [0.2, 0.25) is 0 Å². The van der Waals surface area contributed by atoms with Crippen molar-refractivity contribution in [1.82, 2.24) is 10.2 Å². The fourth-order valence-corrected chi connectivity index (χ4v) is 3.32. The number of nitrogens with one attached hydrogen (secondary N) is 1. The Hall–Kier alpha value is -0.0800. The van der Waals surface area contributed by atoms with Crippen LogP contribution in [0.1, 0.15) is 66.7 Å². The maximum Gasteiger partial charge on any atom is 0.0243 e. The summed E-state index contributed by atoms with van der Waals surface area (Å²) in [5.74, 6) is 0.997. The normalized spacial score (nSPS) is 26.7. The Morgan fingerprint density at radius 2 is 1.68 bits per heavy atom. The third-order valence-electron chi connectivity index (χ3n) is 4.98. The fraction of sp³-hybridized carbons (Fsp3) is 1.00. The highest BCUT2D eigenvalue weighted by Gasteiger charge is 2.29. The molecule has 0 heterocycles. The first-order chi connectivity index (χ1) is 8.88. The van der Waals surface area contributed by atoms with Crippen molar-refractivity contribution in [2.45, 2.75) is 78.8 Å². The molecule has 1 unspecified atom stereocenters. The lowest BCUT2D eigenvalue weighted by atomic mass is 9.82. The second-order valence-corrected chi connectivity index (χ2v) is 7.50. The van der Waals surface area contributed by atoms with Crippen molar-refractivity contribution in [2.24, 2.45) is 11.3 Å². The van der Waals surface area contributed by atoms with Gasteiger partial charge in [0, 0.05) is 18.6 Å². The van der Waals surface area contributed by atoms with E-state index in [1.54, 1.807) is 0 Å². The monoisotopic (exact) mass is 268 g/mol. The van der Waals surface area contributed by atoms with Crippen LogP contribution in [0.25, 0.3) is 0 Å². The average Bonchev–Trinajstić information content (AvgIpc) is 2.37. The van der Waals surface area contributed by atoms with Gasteiger partial charge in [-0.25, -0.2) is 0 Å². The van der Waals surface area contributed by atoms with Crippen LogP contribution in [0.2, 0.25) is 0 Å². The SMILES string of the molecule is CCNC(CN(C)C1CCC(CC)CC1)C(C)(C)C. The third-order valence-corrected chi connectivity index (χ3v) is 4.98. The highest BCUT2D eigenvalue weighted by atomic mass is 15.2. The van der Waals surface area contributed by atoms with Crippen LogP contribution in [0, 0.1) is 11.3 Å². The van der Waals surface area contributed by atoms with E-state index >= 15 is 0 Å². The second-order valence-electron chi connectivity index (χ2n) is 7.50. The van der Waals surface area contributed by atoms with Crippen LogP contribution in [0.3, 0.4) is 0 Å². The van der Waals surface area contributed by atoms with Crippen molar-refractivity contribution in [3.8, 4) is 0 Å². The quantitative estimate of drug-likeness (QED) is 0.785. The van der Waals surface area contributed by atoms with Gasteiger partial charge in [-0.1, -0.05) is 41.0 Å². The number of hydrogen-bond donors (Lipinski definition) is 1. The molecule has 0 aromatic rings. The lowest BCUT2D eigenvalue weighted by molar-refractivity contribution is 0.122. The summed E-state index contributed by atoms with van der Waals surface area (Å²) in [5.41, 5.74) is 0.338. The van der Waals surface area contributed by atoms with Gasteiger partial charge >= 0.3 is 0 Å². The molecular weight excluding hydrogens is 232 g/mol. The predicted octanol–water partition coefficient (Wildman–Crippen LogP) is 3.91. The first-order valence-corrected chi connectivity index (χ1v) is 8.32. The highest BCUT2D eigenvalue weighted by Crippen LogP contribution is 2.30. The van der Waals surface area contributed by atoms with Gasteiger partial charge in [0.25, 0.3) is 0 Å². The first kappa shape index (κ1) is 17.0. The maximum atomic E-state index is 3.67. The molecular formula is C17H36N2. The summed E-state index contributed by atoms with van der Waals surface area (Å²) in [6.07, 6.45) is 7.05. The number of likely N-dealkylation sites (N-methyl/N-ethyl adjacent to an activating group) is 2. The molecule has 0 amide bonds. The van der Waals surface area contributed by atoms with Crippen LogP contribution in [0.5, 0.6) is 0 Å². The zero-order chi connectivity index (χ0) is 14.5. The summed E-state index contributed by atoms with van der Waals surface area (Å²) >= 11 is 0. The van der Waals surface area contributed by atoms with Crippen molar-refractivity contribution in [3.05, 3.63) is 0 Å². The topological polar surface area (TPSA) is 15.3 Å². The predicted molar refractivity (Wildman–Crippen MR) is 85.6 cm³/mol. The van der Waals surface area contributed by atoms with E-state index < -0.39 is 0 Å². The molecule has 19 heavy (non-hydrogen) atoms. The van der Waals surface area contributed by atoms with E-state index in [0.29, 0.717) is 11.5 Å². The minimum Gasteiger partial charge on any atom is -0.312 e. The Morgan fingerprint density at radius 3 is 2.11 bits per heavy atom. The zero-order valence-corrected chi connectivity index (χ0v) is 14.1. The van der Waals surface area contributed by atoms with Crippen LogP contribution in [0.4, 0.5) is 0 Å². The van der Waals surface area contributed by atoms with E-state index in [9.17, 15) is 0 Å². The van der Waals surface area contributed by atoms with Gasteiger partial charge in [-0.3, -0.25) is 0 Å². The Morgan fingerprint density at radius 1 is 1.11 bits per heavy atom. The summed E-state index contributed by atoms with van der Waals surface area (Å²) in [5, 5.41) is 3.67. The molecule has 1 N–H and O–H groups in total. The highest BCUT2D eigenvalue weighted by molar-refractivity contribution is 4.86. The summed E-state index contributed by atoms with van der Waals surface area (Å²) in [4.78, 5) is 2.62. The molecule has 0 aromatic carbocycles. The Bertz CT molecular complexity index is 236. The Kier molecular flexibility index (Phi) is 6.82. The smallest absolute Gasteiger partial charge is 0.0243 e. The van der Waals surface area contributed by atoms with Crippen molar-refractivity contribution < 1.29 is 0 Å². The van der Waals surface area contributed by atoms with E-state index in [2.05, 4.69) is 51.9 Å². The number of nitrogens with zero attached hydrogens (tertiary/aromatic N) is 1. The Labute approximate surface area is 121 Å². The van der Waals surface area contributed by atoms with Crippen molar-refractivity contribution in [2.75, 3.05) is 20.1 Å². The van der Waals surface area contributed by atoms with E-state index in [1.807, 2.05) is 0 Å². The van der Waals surface area contributed by atoms with E-state index in [-0.39, 0.29) is 0 Å². The van der Waals surface area contributed by atoms with Gasteiger partial charge in [0.15, 0.2) is 0 Å². The van der Waals surface area contributed by atoms with E-state index in [1.165, 1.54) is 38.6 Å². The average molecular weight is 268 g/mol. The molecule has 0 bridgehead atoms. The standard InChI is InChI=1S/C17H36N2/c1-7-14-9-11-15(12-10-14)19(6)13-16(18-8-2)17(3,4)5/h14-16,18H,7-13H2,1-6H3. The molecule has 2 nitrogen and oxygen atoms in total. The summed E-state index contributed by atoms with van der Waals surface area (Å²) in [7, 11) is 2.33. The van der Waals surface area contributed by atoms with Crippen LogP contribution in [-0.2, 0) is 0 Å². The molecule has 1 aliphatic rings. The van der Waals surface area contributed by atoms with Gasteiger partial charge in [-0.15, -0.1) is 0 Å². The lowest BCUT2D eigenvalue weighted by Gasteiger charge is -2.40. The molecule has 0 radical (unpaired) electrons. The van der Waals surface area contributed by atoms with Crippen molar-refractivity contribution in [1.29, 1.82) is 0 Å².